The smallest absolute Gasteiger partial charge is 0.255 e. The molecule has 1 aliphatic rings. The van der Waals surface area contributed by atoms with E-state index >= 15 is 0 Å². The monoisotopic (exact) mass is 449 g/mol. The van der Waals surface area contributed by atoms with Gasteiger partial charge in [0.15, 0.2) is 0 Å². The summed E-state index contributed by atoms with van der Waals surface area (Å²) in [4.78, 5) is 14.6. The Morgan fingerprint density at radius 3 is 2.48 bits per heavy atom. The van der Waals surface area contributed by atoms with Crippen LogP contribution in [0.25, 0.3) is 0 Å². The molecule has 31 heavy (non-hydrogen) atoms. The van der Waals surface area contributed by atoms with Crippen LogP contribution in [0.15, 0.2) is 47.4 Å². The number of benzene rings is 2. The van der Waals surface area contributed by atoms with Gasteiger partial charge >= 0.3 is 0 Å². The highest BCUT2D eigenvalue weighted by Crippen LogP contribution is 2.23. The lowest BCUT2D eigenvalue weighted by Gasteiger charge is -2.27. The molecule has 1 N–H and O–H groups in total. The molecule has 1 saturated heterocycles. The summed E-state index contributed by atoms with van der Waals surface area (Å²) in [6, 6.07) is 10.9. The first kappa shape index (κ1) is 23.3. The lowest BCUT2D eigenvalue weighted by molar-refractivity contribution is 0.0342. The van der Waals surface area contributed by atoms with E-state index < -0.39 is 26.6 Å². The van der Waals surface area contributed by atoms with Gasteiger partial charge in [-0.3, -0.25) is 9.69 Å². The highest BCUT2D eigenvalue weighted by molar-refractivity contribution is 7.89. The Labute approximate surface area is 182 Å². The zero-order valence-corrected chi connectivity index (χ0v) is 18.6. The zero-order chi connectivity index (χ0) is 22.4. The van der Waals surface area contributed by atoms with Crippen LogP contribution in [-0.4, -0.2) is 62.9 Å². The SMILES string of the molecule is CCN(CC)S(=O)(=O)c1cc(C(=O)Nc2ccccc2CN2CCOCC2)ccc1F. The Morgan fingerprint density at radius 1 is 1.13 bits per heavy atom. The van der Waals surface area contributed by atoms with Crippen LogP contribution in [0, 0.1) is 5.82 Å². The highest BCUT2D eigenvalue weighted by atomic mass is 32.2. The van der Waals surface area contributed by atoms with E-state index in [2.05, 4.69) is 10.2 Å². The quantitative estimate of drug-likeness (QED) is 0.670. The molecular formula is C22H28FN3O4S. The lowest BCUT2D eigenvalue weighted by atomic mass is 10.1. The second kappa shape index (κ2) is 10.3. The van der Waals surface area contributed by atoms with Gasteiger partial charge in [-0.2, -0.15) is 4.31 Å². The molecule has 0 aliphatic carbocycles. The maximum Gasteiger partial charge on any atom is 0.255 e. The van der Waals surface area contributed by atoms with Crippen LogP contribution in [0.1, 0.15) is 29.8 Å². The van der Waals surface area contributed by atoms with E-state index in [1.165, 1.54) is 6.07 Å². The fraction of sp³-hybridized carbons (Fsp3) is 0.409. The number of hydrogen-bond donors (Lipinski definition) is 1. The van der Waals surface area contributed by atoms with Crippen LogP contribution in [0.2, 0.25) is 0 Å². The van der Waals surface area contributed by atoms with Gasteiger partial charge in [0.1, 0.15) is 10.7 Å². The van der Waals surface area contributed by atoms with E-state index in [9.17, 15) is 17.6 Å². The summed E-state index contributed by atoms with van der Waals surface area (Å²) in [5, 5.41) is 2.84. The molecule has 168 valence electrons. The molecule has 0 unspecified atom stereocenters. The number of nitrogens with zero attached hydrogens (tertiary/aromatic N) is 2. The first-order valence-electron chi connectivity index (χ1n) is 10.4. The number of sulfonamides is 1. The van der Waals surface area contributed by atoms with Crippen molar-refractivity contribution in [2.75, 3.05) is 44.7 Å². The molecule has 0 saturated carbocycles. The summed E-state index contributed by atoms with van der Waals surface area (Å²) >= 11 is 0. The van der Waals surface area contributed by atoms with Crippen molar-refractivity contribution >= 4 is 21.6 Å². The van der Waals surface area contributed by atoms with Crippen molar-refractivity contribution in [3.63, 3.8) is 0 Å². The minimum Gasteiger partial charge on any atom is -0.379 e. The molecular weight excluding hydrogens is 421 g/mol. The molecule has 2 aromatic rings. The third kappa shape index (κ3) is 5.48. The van der Waals surface area contributed by atoms with Crippen molar-refractivity contribution in [1.29, 1.82) is 0 Å². The molecule has 7 nitrogen and oxygen atoms in total. The molecule has 1 fully saturated rings. The van der Waals surface area contributed by atoms with Crippen molar-refractivity contribution in [2.45, 2.75) is 25.3 Å². The number of ether oxygens (including phenoxy) is 1. The van der Waals surface area contributed by atoms with Crippen LogP contribution in [0.4, 0.5) is 10.1 Å². The standard InChI is InChI=1S/C22H28FN3O4S/c1-3-26(4-2)31(28,29)21-15-17(9-10-19(21)23)22(27)24-20-8-6-5-7-18(20)16-25-11-13-30-14-12-25/h5-10,15H,3-4,11-14,16H2,1-2H3,(H,24,27). The van der Waals surface area contributed by atoms with E-state index in [4.69, 9.17) is 4.74 Å². The van der Waals surface area contributed by atoms with E-state index in [1.807, 2.05) is 18.2 Å². The van der Waals surface area contributed by atoms with E-state index in [0.717, 1.165) is 35.1 Å². The number of morpholine rings is 1. The van der Waals surface area contributed by atoms with Crippen molar-refractivity contribution in [2.24, 2.45) is 0 Å². The largest absolute Gasteiger partial charge is 0.379 e. The van der Waals surface area contributed by atoms with Crippen LogP contribution < -0.4 is 5.32 Å². The first-order chi connectivity index (χ1) is 14.9. The van der Waals surface area contributed by atoms with Gasteiger partial charge in [-0.05, 0) is 29.8 Å². The minimum atomic E-state index is -4.03. The molecule has 2 aromatic carbocycles. The Morgan fingerprint density at radius 2 is 1.81 bits per heavy atom. The van der Waals surface area contributed by atoms with Gasteiger partial charge in [-0.25, -0.2) is 12.8 Å². The van der Waals surface area contributed by atoms with Crippen molar-refractivity contribution in [1.82, 2.24) is 9.21 Å². The Bertz CT molecular complexity index is 1020. The second-order valence-corrected chi connectivity index (χ2v) is 9.14. The molecule has 1 aliphatic heterocycles. The van der Waals surface area contributed by atoms with Gasteiger partial charge in [0.2, 0.25) is 10.0 Å². The van der Waals surface area contributed by atoms with Crippen molar-refractivity contribution in [3.05, 3.63) is 59.4 Å². The van der Waals surface area contributed by atoms with Gasteiger partial charge in [0.25, 0.3) is 5.91 Å². The molecule has 3 rings (SSSR count). The third-order valence-electron chi connectivity index (χ3n) is 5.28. The maximum atomic E-state index is 14.4. The number of nitrogens with one attached hydrogen (secondary N) is 1. The summed E-state index contributed by atoms with van der Waals surface area (Å²) in [5.74, 6) is -1.37. The number of halogens is 1. The second-order valence-electron chi connectivity index (χ2n) is 7.23. The average molecular weight is 450 g/mol. The number of carbonyl (C=O) groups is 1. The molecule has 0 bridgehead atoms. The van der Waals surface area contributed by atoms with E-state index in [0.29, 0.717) is 25.4 Å². The predicted octanol–water partition coefficient (Wildman–Crippen LogP) is 2.94. The summed E-state index contributed by atoms with van der Waals surface area (Å²) in [6.45, 7) is 7.42. The third-order valence-corrected chi connectivity index (χ3v) is 7.34. The van der Waals surface area contributed by atoms with Gasteiger partial charge in [0.05, 0.1) is 13.2 Å². The number of amides is 1. The summed E-state index contributed by atoms with van der Waals surface area (Å²) < 4.78 is 46.4. The maximum absolute atomic E-state index is 14.4. The van der Waals surface area contributed by atoms with Crippen LogP contribution in [0.3, 0.4) is 0 Å². The van der Waals surface area contributed by atoms with E-state index in [1.54, 1.807) is 19.9 Å². The molecule has 1 heterocycles. The predicted molar refractivity (Wildman–Crippen MR) is 117 cm³/mol. The Hall–Kier alpha value is -2.33. The molecule has 9 heteroatoms. The van der Waals surface area contributed by atoms with Gasteiger partial charge < -0.3 is 10.1 Å². The molecule has 0 atom stereocenters. The van der Waals surface area contributed by atoms with Gasteiger partial charge in [-0.15, -0.1) is 0 Å². The number of anilines is 1. The fourth-order valence-electron chi connectivity index (χ4n) is 3.52. The Balaban J connectivity index is 1.83. The highest BCUT2D eigenvalue weighted by Gasteiger charge is 2.26. The minimum absolute atomic E-state index is 0.0771. The summed E-state index contributed by atoms with van der Waals surface area (Å²) in [7, 11) is -4.03. The topological polar surface area (TPSA) is 79.0 Å². The summed E-state index contributed by atoms with van der Waals surface area (Å²) in [5.41, 5.74) is 1.65. The van der Waals surface area contributed by atoms with Crippen molar-refractivity contribution in [3.8, 4) is 0 Å². The lowest BCUT2D eigenvalue weighted by Crippen LogP contribution is -2.35. The van der Waals surface area contributed by atoms with Gasteiger partial charge in [0, 0.05) is 44.0 Å². The zero-order valence-electron chi connectivity index (χ0n) is 17.8. The summed E-state index contributed by atoms with van der Waals surface area (Å²) in [6.07, 6.45) is 0. The molecule has 0 aromatic heterocycles. The molecule has 1 amide bonds. The van der Waals surface area contributed by atoms with Crippen molar-refractivity contribution < 1.29 is 22.3 Å². The van der Waals surface area contributed by atoms with Gasteiger partial charge in [-0.1, -0.05) is 32.0 Å². The van der Waals surface area contributed by atoms with E-state index in [-0.39, 0.29) is 18.7 Å². The van der Waals surface area contributed by atoms with Crippen LogP contribution in [0.5, 0.6) is 0 Å². The molecule has 0 radical (unpaired) electrons. The first-order valence-corrected chi connectivity index (χ1v) is 11.8. The normalized spacial score (nSPS) is 15.2. The molecule has 0 spiro atoms. The average Bonchev–Trinajstić information content (AvgIpc) is 2.76. The fourth-order valence-corrected chi connectivity index (χ4v) is 5.07. The number of hydrogen-bond acceptors (Lipinski definition) is 5. The van der Waals surface area contributed by atoms with Crippen LogP contribution in [-0.2, 0) is 21.3 Å². The number of carbonyl (C=O) groups excluding carboxylic acids is 1. The Kier molecular flexibility index (Phi) is 7.77. The number of rotatable bonds is 8. The van der Waals surface area contributed by atoms with Crippen LogP contribution >= 0.6 is 0 Å². The number of para-hydroxylation sites is 1.